The van der Waals surface area contributed by atoms with Gasteiger partial charge in [0, 0.05) is 25.6 Å². The van der Waals surface area contributed by atoms with Gasteiger partial charge in [-0.05, 0) is 59.7 Å². The molecule has 0 aromatic heterocycles. The summed E-state index contributed by atoms with van der Waals surface area (Å²) in [6.07, 6.45) is 2.12. The highest BCUT2D eigenvalue weighted by Gasteiger charge is 2.29. The number of carbonyl (C=O) groups is 2. The van der Waals surface area contributed by atoms with Crippen LogP contribution in [0.3, 0.4) is 0 Å². The topological polar surface area (TPSA) is 61.9 Å². The molecule has 1 rings (SSSR count). The minimum atomic E-state index is -0.476. The number of rotatable bonds is 7. The van der Waals surface area contributed by atoms with Crippen LogP contribution in [0.15, 0.2) is 0 Å². The molecule has 0 spiro atoms. The highest BCUT2D eigenvalue weighted by atomic mass is 16.6. The number of ether oxygens (including phenoxy) is 1. The molecule has 140 valence electrons. The standard InChI is InChI=1S/C18H35N3O3/c1-6-20(7-2)12-8-11-19-16(22)15-9-13-21(14-10-15)17(23)24-18(3,4)5/h15H,6-14H2,1-5H3,(H,19,22). The maximum Gasteiger partial charge on any atom is 0.410 e. The summed E-state index contributed by atoms with van der Waals surface area (Å²) in [5.41, 5.74) is -0.476. The first kappa shape index (κ1) is 20.7. The Kier molecular flexibility index (Phi) is 8.53. The molecule has 6 heteroatoms. The van der Waals surface area contributed by atoms with Crippen molar-refractivity contribution >= 4 is 12.0 Å². The van der Waals surface area contributed by atoms with E-state index in [-0.39, 0.29) is 17.9 Å². The van der Waals surface area contributed by atoms with Crippen LogP contribution in [0.25, 0.3) is 0 Å². The average Bonchev–Trinajstić information content (AvgIpc) is 2.53. The smallest absolute Gasteiger partial charge is 0.410 e. The van der Waals surface area contributed by atoms with Crippen molar-refractivity contribution in [3.05, 3.63) is 0 Å². The van der Waals surface area contributed by atoms with E-state index in [1.807, 2.05) is 20.8 Å². The Morgan fingerprint density at radius 2 is 1.75 bits per heavy atom. The summed E-state index contributed by atoms with van der Waals surface area (Å²) in [5, 5.41) is 3.04. The van der Waals surface area contributed by atoms with Crippen molar-refractivity contribution in [2.45, 2.75) is 59.5 Å². The maximum atomic E-state index is 12.2. The zero-order valence-electron chi connectivity index (χ0n) is 16.1. The van der Waals surface area contributed by atoms with E-state index in [2.05, 4.69) is 24.1 Å². The number of nitrogens with zero attached hydrogens (tertiary/aromatic N) is 2. The van der Waals surface area contributed by atoms with E-state index in [4.69, 9.17) is 4.74 Å². The van der Waals surface area contributed by atoms with Crippen molar-refractivity contribution in [1.82, 2.24) is 15.1 Å². The van der Waals surface area contributed by atoms with Crippen LogP contribution in [-0.4, -0.2) is 66.7 Å². The summed E-state index contributed by atoms with van der Waals surface area (Å²) >= 11 is 0. The summed E-state index contributed by atoms with van der Waals surface area (Å²) in [7, 11) is 0. The summed E-state index contributed by atoms with van der Waals surface area (Å²) in [4.78, 5) is 28.3. The third kappa shape index (κ3) is 7.51. The molecule has 1 aliphatic rings. The van der Waals surface area contributed by atoms with E-state index in [1.165, 1.54) is 0 Å². The SMILES string of the molecule is CCN(CC)CCCNC(=O)C1CCN(C(=O)OC(C)(C)C)CC1. The average molecular weight is 341 g/mol. The lowest BCUT2D eigenvalue weighted by Gasteiger charge is -2.33. The number of piperidine rings is 1. The first-order chi connectivity index (χ1) is 11.3. The van der Waals surface area contributed by atoms with E-state index in [1.54, 1.807) is 4.90 Å². The van der Waals surface area contributed by atoms with Crippen LogP contribution in [0.2, 0.25) is 0 Å². The van der Waals surface area contributed by atoms with Gasteiger partial charge in [-0.15, -0.1) is 0 Å². The molecule has 0 atom stereocenters. The molecule has 2 amide bonds. The first-order valence-corrected chi connectivity index (χ1v) is 9.24. The lowest BCUT2D eigenvalue weighted by atomic mass is 9.96. The molecule has 0 aromatic carbocycles. The number of hydrogen-bond acceptors (Lipinski definition) is 4. The molecule has 0 unspecified atom stereocenters. The van der Waals surface area contributed by atoms with Crippen molar-refractivity contribution in [2.24, 2.45) is 5.92 Å². The maximum absolute atomic E-state index is 12.2. The largest absolute Gasteiger partial charge is 0.444 e. The lowest BCUT2D eigenvalue weighted by molar-refractivity contribution is -0.126. The summed E-state index contributed by atoms with van der Waals surface area (Å²) in [5.74, 6) is 0.135. The highest BCUT2D eigenvalue weighted by molar-refractivity contribution is 5.79. The minimum Gasteiger partial charge on any atom is -0.444 e. The van der Waals surface area contributed by atoms with Gasteiger partial charge in [-0.1, -0.05) is 13.8 Å². The Bertz CT molecular complexity index is 395. The third-order valence-corrected chi connectivity index (χ3v) is 4.36. The number of likely N-dealkylation sites (tertiary alicyclic amines) is 1. The fourth-order valence-corrected chi connectivity index (χ4v) is 2.85. The van der Waals surface area contributed by atoms with Gasteiger partial charge in [0.25, 0.3) is 0 Å². The van der Waals surface area contributed by atoms with E-state index in [0.717, 1.165) is 32.6 Å². The van der Waals surface area contributed by atoms with Gasteiger partial charge in [0.2, 0.25) is 5.91 Å². The Labute approximate surface area is 146 Å². The number of carbonyl (C=O) groups excluding carboxylic acids is 2. The molecule has 0 radical (unpaired) electrons. The van der Waals surface area contributed by atoms with Crippen LogP contribution in [0, 0.1) is 5.92 Å². The molecule has 1 fully saturated rings. The molecule has 0 bridgehead atoms. The van der Waals surface area contributed by atoms with Gasteiger partial charge in [0.05, 0.1) is 0 Å². The van der Waals surface area contributed by atoms with Crippen molar-refractivity contribution in [1.29, 1.82) is 0 Å². The van der Waals surface area contributed by atoms with E-state index in [0.29, 0.717) is 25.9 Å². The minimum absolute atomic E-state index is 0.0112. The second kappa shape index (κ2) is 9.87. The Morgan fingerprint density at radius 3 is 2.25 bits per heavy atom. The van der Waals surface area contributed by atoms with Crippen LogP contribution in [-0.2, 0) is 9.53 Å². The van der Waals surface area contributed by atoms with Gasteiger partial charge in [0.1, 0.15) is 5.60 Å². The van der Waals surface area contributed by atoms with Gasteiger partial charge >= 0.3 is 6.09 Å². The summed E-state index contributed by atoms with van der Waals surface area (Å²) < 4.78 is 5.38. The molecular formula is C18H35N3O3. The second-order valence-corrected chi connectivity index (χ2v) is 7.41. The molecule has 24 heavy (non-hydrogen) atoms. The van der Waals surface area contributed by atoms with Gasteiger partial charge in [-0.2, -0.15) is 0 Å². The van der Waals surface area contributed by atoms with Crippen LogP contribution in [0.1, 0.15) is 53.9 Å². The van der Waals surface area contributed by atoms with Crippen molar-refractivity contribution in [3.8, 4) is 0 Å². The van der Waals surface area contributed by atoms with E-state index in [9.17, 15) is 9.59 Å². The van der Waals surface area contributed by atoms with Crippen molar-refractivity contribution < 1.29 is 14.3 Å². The third-order valence-electron chi connectivity index (χ3n) is 4.36. The molecule has 1 aliphatic heterocycles. The molecule has 0 aliphatic carbocycles. The summed E-state index contributed by atoms with van der Waals surface area (Å²) in [6.45, 7) is 14.9. The first-order valence-electron chi connectivity index (χ1n) is 9.24. The van der Waals surface area contributed by atoms with E-state index >= 15 is 0 Å². The predicted octanol–water partition coefficient (Wildman–Crippen LogP) is 2.48. The van der Waals surface area contributed by atoms with Crippen LogP contribution >= 0.6 is 0 Å². The lowest BCUT2D eigenvalue weighted by Crippen LogP contribution is -2.45. The molecule has 1 heterocycles. The molecule has 0 aromatic rings. The second-order valence-electron chi connectivity index (χ2n) is 7.41. The zero-order chi connectivity index (χ0) is 18.2. The fraction of sp³-hybridized carbons (Fsp3) is 0.889. The number of amides is 2. The molecule has 6 nitrogen and oxygen atoms in total. The van der Waals surface area contributed by atoms with Gasteiger partial charge in [-0.25, -0.2) is 4.79 Å². The monoisotopic (exact) mass is 341 g/mol. The molecule has 1 N–H and O–H groups in total. The summed E-state index contributed by atoms with van der Waals surface area (Å²) in [6, 6.07) is 0. The predicted molar refractivity (Wildman–Crippen MR) is 95.9 cm³/mol. The quantitative estimate of drug-likeness (QED) is 0.723. The highest BCUT2D eigenvalue weighted by Crippen LogP contribution is 2.19. The Hall–Kier alpha value is -1.30. The van der Waals surface area contributed by atoms with Crippen molar-refractivity contribution in [2.75, 3.05) is 39.3 Å². The normalized spacial score (nSPS) is 16.3. The van der Waals surface area contributed by atoms with Gasteiger partial charge in [0.15, 0.2) is 0 Å². The van der Waals surface area contributed by atoms with Crippen molar-refractivity contribution in [3.63, 3.8) is 0 Å². The Balaban J connectivity index is 2.24. The molecule has 1 saturated heterocycles. The van der Waals surface area contributed by atoms with Gasteiger partial charge in [-0.3, -0.25) is 4.79 Å². The number of hydrogen-bond donors (Lipinski definition) is 1. The fourth-order valence-electron chi connectivity index (χ4n) is 2.85. The molecule has 0 saturated carbocycles. The number of nitrogens with one attached hydrogen (secondary N) is 1. The Morgan fingerprint density at radius 1 is 1.17 bits per heavy atom. The van der Waals surface area contributed by atoms with Crippen LogP contribution in [0.5, 0.6) is 0 Å². The molecular weight excluding hydrogens is 306 g/mol. The zero-order valence-corrected chi connectivity index (χ0v) is 16.1. The van der Waals surface area contributed by atoms with Gasteiger partial charge < -0.3 is 19.9 Å². The van der Waals surface area contributed by atoms with Crippen LogP contribution in [0.4, 0.5) is 4.79 Å². The van der Waals surface area contributed by atoms with Crippen LogP contribution < -0.4 is 5.32 Å². The van der Waals surface area contributed by atoms with E-state index < -0.39 is 5.60 Å².